The Morgan fingerprint density at radius 3 is 2.67 bits per heavy atom. The highest BCUT2D eigenvalue weighted by molar-refractivity contribution is 7.10. The van der Waals surface area contributed by atoms with Crippen LogP contribution >= 0.6 is 11.3 Å². The molecule has 1 aromatic carbocycles. The Morgan fingerprint density at radius 1 is 1.23 bits per heavy atom. The number of carbonyl (C=O) groups excluding carboxylic acids is 2. The Morgan fingerprint density at radius 2 is 1.97 bits per heavy atom. The molecule has 2 aromatic rings. The van der Waals surface area contributed by atoms with Crippen LogP contribution in [0.2, 0.25) is 0 Å². The second kappa shape index (κ2) is 7.71. The summed E-state index contributed by atoms with van der Waals surface area (Å²) < 4.78 is 5.68. The Kier molecular flexibility index (Phi) is 5.36. The van der Waals surface area contributed by atoms with Gasteiger partial charge in [0.25, 0.3) is 5.91 Å². The number of nitrogens with zero attached hydrogens (tertiary/aromatic N) is 1. The van der Waals surface area contributed by atoms with Crippen molar-refractivity contribution in [1.29, 1.82) is 0 Å². The number of nitrogens with one attached hydrogen (secondary N) is 1. The zero-order valence-corrected chi connectivity index (χ0v) is 18.4. The van der Waals surface area contributed by atoms with E-state index >= 15 is 0 Å². The zero-order valence-electron chi connectivity index (χ0n) is 17.6. The first kappa shape index (κ1) is 20.9. The number of ether oxygens (including phenoxy) is 1. The van der Waals surface area contributed by atoms with E-state index in [9.17, 15) is 14.7 Å². The van der Waals surface area contributed by atoms with Crippen molar-refractivity contribution in [2.75, 3.05) is 13.2 Å². The van der Waals surface area contributed by atoms with Crippen molar-refractivity contribution in [2.24, 2.45) is 0 Å². The number of thiophene rings is 1. The third kappa shape index (κ3) is 3.72. The van der Waals surface area contributed by atoms with Crippen LogP contribution in [0.4, 0.5) is 4.79 Å². The Bertz CT molecular complexity index is 947. The molecular formula is C23H28N2O4S. The van der Waals surface area contributed by atoms with Gasteiger partial charge in [-0.3, -0.25) is 9.69 Å². The lowest BCUT2D eigenvalue weighted by molar-refractivity contribution is -0.133. The van der Waals surface area contributed by atoms with Crippen LogP contribution < -0.4 is 10.1 Å². The number of benzene rings is 1. The number of aliphatic hydroxyl groups excluding tert-OH is 1. The molecule has 0 radical (unpaired) electrons. The van der Waals surface area contributed by atoms with Crippen molar-refractivity contribution in [3.63, 3.8) is 0 Å². The van der Waals surface area contributed by atoms with Crippen LogP contribution in [-0.4, -0.2) is 41.2 Å². The molecule has 4 rings (SSSR count). The molecule has 30 heavy (non-hydrogen) atoms. The first-order valence-corrected chi connectivity index (χ1v) is 11.2. The van der Waals surface area contributed by atoms with Crippen molar-refractivity contribution in [2.45, 2.75) is 57.1 Å². The molecule has 7 heteroatoms. The third-order valence-electron chi connectivity index (χ3n) is 5.89. The summed E-state index contributed by atoms with van der Waals surface area (Å²) in [6, 6.07) is 9.23. The summed E-state index contributed by atoms with van der Waals surface area (Å²) in [4.78, 5) is 28.0. The number of hydrogen-bond donors (Lipinski definition) is 2. The first-order chi connectivity index (χ1) is 14.2. The van der Waals surface area contributed by atoms with Gasteiger partial charge in [0.15, 0.2) is 0 Å². The van der Waals surface area contributed by atoms with Gasteiger partial charge in [-0.05, 0) is 53.8 Å². The van der Waals surface area contributed by atoms with Gasteiger partial charge >= 0.3 is 6.03 Å². The van der Waals surface area contributed by atoms with E-state index in [1.165, 1.54) is 5.56 Å². The summed E-state index contributed by atoms with van der Waals surface area (Å²) in [5.74, 6) is 0.367. The molecule has 1 spiro atoms. The number of urea groups is 1. The minimum Gasteiger partial charge on any atom is -0.491 e. The number of amides is 3. The second-order valence-corrected chi connectivity index (χ2v) is 10.1. The topological polar surface area (TPSA) is 78.9 Å². The smallest absolute Gasteiger partial charge is 0.325 e. The van der Waals surface area contributed by atoms with Gasteiger partial charge in [0, 0.05) is 10.4 Å². The molecule has 2 aliphatic rings. The second-order valence-electron chi connectivity index (χ2n) is 9.10. The van der Waals surface area contributed by atoms with Crippen LogP contribution in [-0.2, 0) is 22.2 Å². The summed E-state index contributed by atoms with van der Waals surface area (Å²) >= 11 is 1.62. The number of aryl methyl sites for hydroxylation is 1. The Labute approximate surface area is 180 Å². The minimum absolute atomic E-state index is 0.00260. The Hall–Kier alpha value is -2.38. The van der Waals surface area contributed by atoms with Gasteiger partial charge in [0.2, 0.25) is 0 Å². The maximum Gasteiger partial charge on any atom is 0.325 e. The number of hydrogen-bond acceptors (Lipinski definition) is 5. The number of rotatable bonds is 5. The maximum absolute atomic E-state index is 13.2. The molecular weight excluding hydrogens is 400 g/mol. The molecule has 160 valence electrons. The lowest BCUT2D eigenvalue weighted by atomic mass is 9.80. The number of carbonyl (C=O) groups is 2. The van der Waals surface area contributed by atoms with Crippen molar-refractivity contribution < 1.29 is 19.4 Å². The predicted octanol–water partition coefficient (Wildman–Crippen LogP) is 3.57. The quantitative estimate of drug-likeness (QED) is 0.714. The number of aliphatic hydroxyl groups is 1. The van der Waals surface area contributed by atoms with E-state index in [0.717, 1.165) is 28.2 Å². The molecule has 3 amide bonds. The molecule has 6 nitrogen and oxygen atoms in total. The number of imide groups is 1. The van der Waals surface area contributed by atoms with E-state index < -0.39 is 17.7 Å². The van der Waals surface area contributed by atoms with Gasteiger partial charge in [-0.1, -0.05) is 32.9 Å². The van der Waals surface area contributed by atoms with Crippen LogP contribution in [0.15, 0.2) is 35.7 Å². The molecule has 1 aliphatic heterocycles. The van der Waals surface area contributed by atoms with Gasteiger partial charge in [-0.2, -0.15) is 0 Å². The monoisotopic (exact) mass is 428 g/mol. The SMILES string of the molecule is CC(C)(C)c1ccc(OCC(O)CN2C(=O)NC3(CCCc4sccc43)C2=O)cc1. The molecule has 0 bridgehead atoms. The minimum atomic E-state index is -0.978. The fraction of sp³-hybridized carbons (Fsp3) is 0.478. The summed E-state index contributed by atoms with van der Waals surface area (Å²) in [6.07, 6.45) is 1.40. The van der Waals surface area contributed by atoms with E-state index in [-0.39, 0.29) is 24.5 Å². The predicted molar refractivity (Wildman–Crippen MR) is 116 cm³/mol. The lowest BCUT2D eigenvalue weighted by Gasteiger charge is -2.31. The van der Waals surface area contributed by atoms with Gasteiger partial charge < -0.3 is 15.2 Å². The molecule has 2 atom stereocenters. The zero-order chi connectivity index (χ0) is 21.5. The highest BCUT2D eigenvalue weighted by Crippen LogP contribution is 2.42. The van der Waals surface area contributed by atoms with Crippen LogP contribution in [0.1, 0.15) is 49.6 Å². The van der Waals surface area contributed by atoms with Crippen LogP contribution in [0, 0.1) is 0 Å². The third-order valence-corrected chi connectivity index (χ3v) is 6.87. The average Bonchev–Trinajstić information content (AvgIpc) is 3.27. The fourth-order valence-electron chi connectivity index (χ4n) is 4.21. The van der Waals surface area contributed by atoms with Crippen molar-refractivity contribution in [1.82, 2.24) is 10.2 Å². The van der Waals surface area contributed by atoms with E-state index in [4.69, 9.17) is 4.74 Å². The normalized spacial score (nSPS) is 22.2. The van der Waals surface area contributed by atoms with Crippen molar-refractivity contribution >= 4 is 23.3 Å². The molecule has 1 aliphatic carbocycles. The molecule has 1 aromatic heterocycles. The van der Waals surface area contributed by atoms with Crippen molar-refractivity contribution in [3.8, 4) is 5.75 Å². The summed E-state index contributed by atoms with van der Waals surface area (Å²) in [6.45, 7) is 6.34. The molecule has 0 saturated carbocycles. The van der Waals surface area contributed by atoms with Crippen LogP contribution in [0.5, 0.6) is 5.75 Å². The first-order valence-electron chi connectivity index (χ1n) is 10.3. The Balaban J connectivity index is 1.39. The van der Waals surface area contributed by atoms with Gasteiger partial charge in [-0.25, -0.2) is 4.79 Å². The summed E-state index contributed by atoms with van der Waals surface area (Å²) in [5.41, 5.74) is 1.18. The van der Waals surface area contributed by atoms with E-state index in [1.807, 2.05) is 35.7 Å². The largest absolute Gasteiger partial charge is 0.491 e. The standard InChI is InChI=1S/C23H28N2O4S/c1-22(2,3)15-6-8-17(9-7-15)29-14-16(26)13-25-20(27)23(24-21(25)28)11-4-5-19-18(23)10-12-30-19/h6-10,12,16,26H,4-5,11,13-14H2,1-3H3,(H,24,28). The van der Waals surface area contributed by atoms with Crippen LogP contribution in [0.25, 0.3) is 0 Å². The molecule has 2 N–H and O–H groups in total. The highest BCUT2D eigenvalue weighted by atomic mass is 32.1. The summed E-state index contributed by atoms with van der Waals surface area (Å²) in [7, 11) is 0. The number of fused-ring (bicyclic) bond motifs is 2. The van der Waals surface area contributed by atoms with Gasteiger partial charge in [0.1, 0.15) is 24.0 Å². The maximum atomic E-state index is 13.2. The number of β-amino-alcohol motifs (C(OH)–C–C–N with tert-alkyl or cyclic N) is 1. The molecule has 1 fully saturated rings. The van der Waals surface area contributed by atoms with Gasteiger partial charge in [-0.15, -0.1) is 11.3 Å². The molecule has 2 heterocycles. The summed E-state index contributed by atoms with van der Waals surface area (Å²) in [5, 5.41) is 15.3. The average molecular weight is 429 g/mol. The lowest BCUT2D eigenvalue weighted by Crippen LogP contribution is -2.46. The van der Waals surface area contributed by atoms with E-state index in [2.05, 4.69) is 26.1 Å². The van der Waals surface area contributed by atoms with Gasteiger partial charge in [0.05, 0.1) is 6.54 Å². The van der Waals surface area contributed by atoms with E-state index in [1.54, 1.807) is 11.3 Å². The molecule has 2 unspecified atom stereocenters. The molecule has 1 saturated heterocycles. The highest BCUT2D eigenvalue weighted by Gasteiger charge is 2.54. The van der Waals surface area contributed by atoms with Crippen LogP contribution in [0.3, 0.4) is 0 Å². The fourth-order valence-corrected chi connectivity index (χ4v) is 5.21. The van der Waals surface area contributed by atoms with E-state index in [0.29, 0.717) is 12.2 Å². The van der Waals surface area contributed by atoms with Crippen molar-refractivity contribution in [3.05, 3.63) is 51.7 Å².